The molecule has 0 amide bonds. The van der Waals surface area contributed by atoms with E-state index in [9.17, 15) is 4.39 Å². The van der Waals surface area contributed by atoms with E-state index in [4.69, 9.17) is 9.15 Å². The molecule has 10 nitrogen and oxygen atoms in total. The summed E-state index contributed by atoms with van der Waals surface area (Å²) >= 11 is 11.1. The van der Waals surface area contributed by atoms with Crippen LogP contribution in [0.4, 0.5) is 4.39 Å². The second-order valence-electron chi connectivity index (χ2n) is 12.2. The molecule has 0 aliphatic rings. The van der Waals surface area contributed by atoms with Gasteiger partial charge in [-0.1, -0.05) is 49.7 Å². The Kier molecular flexibility index (Phi) is 23.1. The van der Waals surface area contributed by atoms with Crippen LogP contribution in [0.15, 0.2) is 154 Å². The van der Waals surface area contributed by atoms with Crippen LogP contribution in [0.3, 0.4) is 0 Å². The van der Waals surface area contributed by atoms with Crippen LogP contribution in [0, 0.1) is 44.3 Å². The molecule has 10 rings (SSSR count). The monoisotopic (exact) mass is 1900 g/mol. The Balaban J connectivity index is 0.000000222. The molecule has 0 aliphatic carbocycles. The number of benzene rings is 5. The van der Waals surface area contributed by atoms with Gasteiger partial charge in [-0.05, 0) is 108 Å². The molecule has 0 saturated heterocycles. The summed E-state index contributed by atoms with van der Waals surface area (Å²) in [6, 6.07) is 45.8. The van der Waals surface area contributed by atoms with Crippen molar-refractivity contribution in [2.75, 3.05) is 7.11 Å². The molecule has 10 aromatic rings. The van der Waals surface area contributed by atoms with E-state index >= 15 is 0 Å². The summed E-state index contributed by atoms with van der Waals surface area (Å²) in [4.78, 5) is 0. The predicted octanol–water partition coefficient (Wildman–Crippen LogP) is 11.8. The van der Waals surface area contributed by atoms with Gasteiger partial charge in [0.15, 0.2) is 0 Å². The molecule has 63 heavy (non-hydrogen) atoms. The topological polar surface area (TPSA) is 93.6 Å². The van der Waals surface area contributed by atoms with Gasteiger partial charge in [-0.15, -0.1) is 42.5 Å². The minimum Gasteiger partial charge on any atom is -0.554 e. The zero-order valence-electron chi connectivity index (χ0n) is 32.4. The van der Waals surface area contributed by atoms with E-state index in [2.05, 4.69) is 128 Å². The first-order valence-electron chi connectivity index (χ1n) is 17.5. The molecular weight excluding hydrogens is 1870 g/mol. The second kappa shape index (κ2) is 26.6. The Morgan fingerprint density at radius 3 is 1.98 bits per heavy atom. The van der Waals surface area contributed by atoms with Crippen LogP contribution >= 0.6 is 77.0 Å². The van der Waals surface area contributed by atoms with Crippen molar-refractivity contribution in [2.24, 2.45) is 0 Å². The minimum absolute atomic E-state index is 0. The number of halogens is 5. The van der Waals surface area contributed by atoms with Gasteiger partial charge in [-0.25, -0.2) is 0 Å². The maximum Gasteiger partial charge on any atom is 0.128 e. The van der Waals surface area contributed by atoms with Gasteiger partial charge < -0.3 is 9.15 Å². The largest absolute Gasteiger partial charge is 0.554 e. The SMILES string of the molecule is Brc1ccn(-c2[c-]ccc3c2oc2ccccc23)n1.COc1c[c-]c(-n2ccc(I)n2)cc1.Cc1ccn(-c2[c-]ccc(I)c2)n1.Fc1c[c-]c(-n2cc(Br)cn2)cc1.[Ir].[Ir].[Ir].[Ir]. The molecule has 0 fully saturated rings. The summed E-state index contributed by atoms with van der Waals surface area (Å²) in [6.45, 7) is 1.98. The van der Waals surface area contributed by atoms with E-state index in [1.807, 2.05) is 109 Å². The van der Waals surface area contributed by atoms with Crippen LogP contribution in [0.25, 0.3) is 44.7 Å². The predicted molar refractivity (Wildman–Crippen MR) is 249 cm³/mol. The number of methoxy groups -OCH3 is 1. The quantitative estimate of drug-likeness (QED) is 0.126. The van der Waals surface area contributed by atoms with Crippen LogP contribution in [0.1, 0.15) is 5.69 Å². The molecule has 0 aliphatic heterocycles. The molecule has 0 spiro atoms. The fraction of sp³-hybridized carbons (Fsp3) is 0.0455. The number of aromatic nitrogens is 8. The Morgan fingerprint density at radius 1 is 0.683 bits per heavy atom. The van der Waals surface area contributed by atoms with Crippen molar-refractivity contribution in [3.8, 4) is 28.5 Å². The fourth-order valence-electron chi connectivity index (χ4n) is 5.46. The van der Waals surface area contributed by atoms with E-state index in [1.54, 1.807) is 45.7 Å². The molecule has 5 heterocycles. The number of rotatable bonds is 5. The molecule has 332 valence electrons. The van der Waals surface area contributed by atoms with Crippen LogP contribution in [-0.4, -0.2) is 46.2 Å². The first kappa shape index (κ1) is 54.8. The standard InChI is InChI=1S/C15H8BrN2O.C10H8IN2O.C10H8IN2.C9H5BrFN2.4Ir/c16-14-8-9-18(17-14)12-6-3-5-11-10-4-1-2-7-13(10)19-15(11)12;1-14-9-4-2-8(3-5-9)13-7-6-10(11)12-13;1-8-5-6-13(12-8)10-4-2-3-9(11)7-10;10-7-5-12-13(6-7)9-3-1-8(11)2-4-9;;;;/h1-5,7-9H;2,4-7H,1H3;2-3,5-7H,1H3;1-3,5-6H;;;;/q4*-1;;;;. The molecular formula is C44H29Br2FI2Ir4N8O2-4. The van der Waals surface area contributed by atoms with Gasteiger partial charge in [-0.2, -0.15) is 68.9 Å². The molecule has 0 bridgehead atoms. The summed E-state index contributed by atoms with van der Waals surface area (Å²) in [7, 11) is 1.64. The number of aryl methyl sites for hydroxylation is 1. The molecule has 19 heteroatoms. The first-order valence-corrected chi connectivity index (χ1v) is 21.3. The van der Waals surface area contributed by atoms with E-state index in [0.29, 0.717) is 5.69 Å². The third-order valence-corrected chi connectivity index (χ3v) is 10.3. The average molecular weight is 1900 g/mol. The summed E-state index contributed by atoms with van der Waals surface area (Å²) in [6.07, 6.45) is 9.17. The number of hydrogen-bond donors (Lipinski definition) is 0. The molecule has 0 atom stereocenters. The van der Waals surface area contributed by atoms with Gasteiger partial charge in [0.25, 0.3) is 0 Å². The number of ether oxygens (including phenoxy) is 1. The van der Waals surface area contributed by atoms with Gasteiger partial charge in [0.2, 0.25) is 0 Å². The van der Waals surface area contributed by atoms with E-state index < -0.39 is 0 Å². The van der Waals surface area contributed by atoms with Gasteiger partial charge in [0.1, 0.15) is 13.9 Å². The Morgan fingerprint density at radius 2 is 1.38 bits per heavy atom. The number of nitrogens with zero attached hydrogens (tertiary/aromatic N) is 8. The van der Waals surface area contributed by atoms with Crippen molar-refractivity contribution in [3.63, 3.8) is 0 Å². The maximum atomic E-state index is 12.5. The van der Waals surface area contributed by atoms with Crippen LogP contribution in [0.5, 0.6) is 5.75 Å². The van der Waals surface area contributed by atoms with Crippen LogP contribution < -0.4 is 4.74 Å². The molecule has 0 saturated carbocycles. The third-order valence-electron chi connectivity index (χ3n) is 8.19. The Hall–Kier alpha value is -2.51. The first-order chi connectivity index (χ1) is 28.6. The summed E-state index contributed by atoms with van der Waals surface area (Å²) in [5, 5.41) is 19.1. The van der Waals surface area contributed by atoms with E-state index in [-0.39, 0.29) is 86.2 Å². The van der Waals surface area contributed by atoms with Crippen molar-refractivity contribution in [1.29, 1.82) is 0 Å². The minimum atomic E-state index is -0.296. The summed E-state index contributed by atoms with van der Waals surface area (Å²) < 4.78 is 34.3. The van der Waals surface area contributed by atoms with E-state index in [1.165, 1.54) is 15.7 Å². The van der Waals surface area contributed by atoms with Gasteiger partial charge in [-0.3, -0.25) is 23.1 Å². The summed E-state index contributed by atoms with van der Waals surface area (Å²) in [5.41, 5.74) is 6.14. The molecule has 5 aromatic carbocycles. The Bertz CT molecular complexity index is 2940. The van der Waals surface area contributed by atoms with Crippen molar-refractivity contribution < 1.29 is 94.0 Å². The van der Waals surface area contributed by atoms with Crippen LogP contribution in [-0.2, 0) is 80.4 Å². The molecule has 0 N–H and O–H groups in total. The normalized spacial score (nSPS) is 9.95. The number of furan rings is 1. The second-order valence-corrected chi connectivity index (χ2v) is 16.3. The van der Waals surface area contributed by atoms with Crippen molar-refractivity contribution in [2.45, 2.75) is 6.92 Å². The fourth-order valence-corrected chi connectivity index (χ4v) is 6.90. The zero-order valence-corrected chi connectivity index (χ0v) is 49.5. The van der Waals surface area contributed by atoms with Gasteiger partial charge >= 0.3 is 0 Å². The third kappa shape index (κ3) is 15.0. The van der Waals surface area contributed by atoms with Crippen molar-refractivity contribution >= 4 is 99.0 Å². The molecule has 5 aromatic heterocycles. The number of fused-ring (bicyclic) bond motifs is 3. The maximum absolute atomic E-state index is 12.5. The summed E-state index contributed by atoms with van der Waals surface area (Å²) in [5.74, 6) is 0.505. The van der Waals surface area contributed by atoms with Gasteiger partial charge in [0.05, 0.1) is 23.5 Å². The number of para-hydroxylation sites is 1. The van der Waals surface area contributed by atoms with Crippen LogP contribution in [0.2, 0.25) is 0 Å². The molecule has 4 radical (unpaired) electrons. The zero-order chi connectivity index (χ0) is 41.3. The average Bonchev–Trinajstić information content (AvgIpc) is 4.11. The van der Waals surface area contributed by atoms with E-state index in [0.717, 1.165) is 63.2 Å². The number of hydrogen-bond acceptors (Lipinski definition) is 6. The Labute approximate surface area is 461 Å². The molecule has 0 unspecified atom stereocenters. The van der Waals surface area contributed by atoms with Crippen molar-refractivity contribution in [1.82, 2.24) is 39.1 Å². The smallest absolute Gasteiger partial charge is 0.128 e. The van der Waals surface area contributed by atoms with Crippen molar-refractivity contribution in [3.05, 3.63) is 192 Å². The van der Waals surface area contributed by atoms with Gasteiger partial charge in [0, 0.05) is 128 Å².